The van der Waals surface area contributed by atoms with Gasteiger partial charge in [0.15, 0.2) is 0 Å². The molecule has 0 unspecified atom stereocenters. The Morgan fingerprint density at radius 2 is 2.11 bits per heavy atom. The Morgan fingerprint density at radius 3 is 2.61 bits per heavy atom. The van der Waals surface area contributed by atoms with E-state index in [1.54, 1.807) is 31.2 Å². The first-order valence-electron chi connectivity index (χ1n) is 5.38. The third-order valence-electron chi connectivity index (χ3n) is 2.63. The van der Waals surface area contributed by atoms with Crippen molar-refractivity contribution in [1.29, 1.82) is 0 Å². The zero-order valence-electron chi connectivity index (χ0n) is 9.61. The minimum absolute atomic E-state index is 0.239. The maximum atomic E-state index is 12.0. The van der Waals surface area contributed by atoms with Crippen molar-refractivity contribution < 1.29 is 9.90 Å². The van der Waals surface area contributed by atoms with Gasteiger partial charge in [-0.05, 0) is 18.6 Å². The predicted molar refractivity (Wildman–Crippen MR) is 67.7 cm³/mol. The first-order chi connectivity index (χ1) is 8.56. The standard InChI is InChI=1S/C12H11ClN2O3/c1-2-8-10(12(17)18)11(16)15(14-8)9-6-4-3-5-7(9)13/h3-6,14H,2H2,1H3,(H,17,18). The Balaban J connectivity index is 2.71. The fourth-order valence-electron chi connectivity index (χ4n) is 1.76. The number of aromatic carboxylic acids is 1. The van der Waals surface area contributed by atoms with Crippen molar-refractivity contribution >= 4 is 17.6 Å². The van der Waals surface area contributed by atoms with E-state index in [1.807, 2.05) is 0 Å². The number of H-pyrrole nitrogens is 1. The van der Waals surface area contributed by atoms with Crippen molar-refractivity contribution in [3.8, 4) is 5.69 Å². The normalized spacial score (nSPS) is 10.6. The number of aromatic nitrogens is 2. The maximum Gasteiger partial charge on any atom is 0.343 e. The van der Waals surface area contributed by atoms with Crippen LogP contribution in [0.2, 0.25) is 5.02 Å². The minimum Gasteiger partial charge on any atom is -0.477 e. The summed E-state index contributed by atoms with van der Waals surface area (Å²) in [7, 11) is 0. The van der Waals surface area contributed by atoms with E-state index in [0.717, 1.165) is 4.68 Å². The number of nitrogens with zero attached hydrogens (tertiary/aromatic N) is 1. The molecular weight excluding hydrogens is 256 g/mol. The van der Waals surface area contributed by atoms with Crippen LogP contribution in [0.5, 0.6) is 0 Å². The summed E-state index contributed by atoms with van der Waals surface area (Å²) in [6, 6.07) is 6.74. The van der Waals surface area contributed by atoms with Crippen LogP contribution in [0, 0.1) is 0 Å². The molecule has 0 aliphatic rings. The van der Waals surface area contributed by atoms with Crippen LogP contribution in [0.25, 0.3) is 5.69 Å². The van der Waals surface area contributed by atoms with Gasteiger partial charge in [0.05, 0.1) is 16.4 Å². The molecule has 0 spiro atoms. The number of carboxylic acids is 1. The van der Waals surface area contributed by atoms with Gasteiger partial charge in [-0.3, -0.25) is 9.89 Å². The summed E-state index contributed by atoms with van der Waals surface area (Å²) in [5.74, 6) is -1.24. The topological polar surface area (TPSA) is 75.1 Å². The molecule has 0 saturated carbocycles. The van der Waals surface area contributed by atoms with Gasteiger partial charge >= 0.3 is 5.97 Å². The van der Waals surface area contributed by atoms with Gasteiger partial charge in [-0.15, -0.1) is 0 Å². The van der Waals surface area contributed by atoms with Crippen LogP contribution in [0.3, 0.4) is 0 Å². The summed E-state index contributed by atoms with van der Waals surface area (Å²) >= 11 is 5.99. The molecule has 2 rings (SSSR count). The third kappa shape index (κ3) is 1.93. The van der Waals surface area contributed by atoms with Crippen molar-refractivity contribution in [2.45, 2.75) is 13.3 Å². The van der Waals surface area contributed by atoms with E-state index < -0.39 is 11.5 Å². The fourth-order valence-corrected chi connectivity index (χ4v) is 1.98. The largest absolute Gasteiger partial charge is 0.477 e. The minimum atomic E-state index is -1.24. The number of para-hydroxylation sites is 1. The molecule has 0 fully saturated rings. The molecule has 5 nitrogen and oxygen atoms in total. The Kier molecular flexibility index (Phi) is 3.25. The molecule has 2 N–H and O–H groups in total. The van der Waals surface area contributed by atoms with Gasteiger partial charge in [0.1, 0.15) is 5.56 Å². The average Bonchev–Trinajstić information content (AvgIpc) is 2.67. The van der Waals surface area contributed by atoms with Gasteiger partial charge < -0.3 is 5.11 Å². The van der Waals surface area contributed by atoms with Crippen LogP contribution < -0.4 is 5.56 Å². The second-order valence-electron chi connectivity index (χ2n) is 3.72. The molecule has 0 aliphatic heterocycles. The number of aryl methyl sites for hydroxylation is 1. The van der Waals surface area contributed by atoms with Crippen molar-refractivity contribution in [3.63, 3.8) is 0 Å². The molecular formula is C12H11ClN2O3. The number of hydrogen-bond acceptors (Lipinski definition) is 2. The summed E-state index contributed by atoms with van der Waals surface area (Å²) in [6.07, 6.45) is 0.425. The molecule has 0 atom stereocenters. The highest BCUT2D eigenvalue weighted by molar-refractivity contribution is 6.32. The van der Waals surface area contributed by atoms with E-state index >= 15 is 0 Å². The van der Waals surface area contributed by atoms with Crippen LogP contribution in [-0.4, -0.2) is 20.9 Å². The number of halogens is 1. The number of carboxylic acid groups (broad SMARTS) is 1. The smallest absolute Gasteiger partial charge is 0.343 e. The number of carbonyl (C=O) groups is 1. The molecule has 2 aromatic rings. The van der Waals surface area contributed by atoms with E-state index in [1.165, 1.54) is 0 Å². The van der Waals surface area contributed by atoms with Crippen molar-refractivity contribution in [3.05, 3.63) is 50.9 Å². The van der Waals surface area contributed by atoms with E-state index in [-0.39, 0.29) is 5.56 Å². The Labute approximate surface area is 108 Å². The second-order valence-corrected chi connectivity index (χ2v) is 4.12. The average molecular weight is 267 g/mol. The SMILES string of the molecule is CCc1[nH]n(-c2ccccc2Cl)c(=O)c1C(=O)O. The molecule has 1 aromatic heterocycles. The van der Waals surface area contributed by atoms with Gasteiger partial charge in [0.2, 0.25) is 0 Å². The first kappa shape index (κ1) is 12.4. The number of hydrogen-bond donors (Lipinski definition) is 2. The lowest BCUT2D eigenvalue weighted by molar-refractivity contribution is 0.0694. The maximum absolute atomic E-state index is 12.0. The molecule has 0 saturated heterocycles. The van der Waals surface area contributed by atoms with Gasteiger partial charge in [0.25, 0.3) is 5.56 Å². The summed E-state index contributed by atoms with van der Waals surface area (Å²) in [4.78, 5) is 23.1. The Morgan fingerprint density at radius 1 is 1.44 bits per heavy atom. The quantitative estimate of drug-likeness (QED) is 0.893. The highest BCUT2D eigenvalue weighted by atomic mass is 35.5. The molecule has 0 amide bonds. The lowest BCUT2D eigenvalue weighted by Crippen LogP contribution is -2.20. The molecule has 0 radical (unpaired) electrons. The summed E-state index contributed by atoms with van der Waals surface area (Å²) in [6.45, 7) is 1.77. The van der Waals surface area contributed by atoms with Gasteiger partial charge in [0, 0.05) is 0 Å². The van der Waals surface area contributed by atoms with E-state index in [4.69, 9.17) is 16.7 Å². The number of benzene rings is 1. The number of rotatable bonds is 3. The second kappa shape index (κ2) is 4.70. The van der Waals surface area contributed by atoms with E-state index in [2.05, 4.69) is 5.10 Å². The summed E-state index contributed by atoms with van der Waals surface area (Å²) in [5, 5.41) is 12.2. The first-order valence-corrected chi connectivity index (χ1v) is 5.76. The third-order valence-corrected chi connectivity index (χ3v) is 2.95. The van der Waals surface area contributed by atoms with Gasteiger partial charge in [-0.25, -0.2) is 9.48 Å². The van der Waals surface area contributed by atoms with E-state index in [9.17, 15) is 9.59 Å². The molecule has 1 aromatic carbocycles. The molecule has 6 heteroatoms. The predicted octanol–water partition coefficient (Wildman–Crippen LogP) is 2.08. The van der Waals surface area contributed by atoms with Crippen LogP contribution in [-0.2, 0) is 6.42 Å². The molecule has 0 bridgehead atoms. The molecule has 94 valence electrons. The fraction of sp³-hybridized carbons (Fsp3) is 0.167. The monoisotopic (exact) mass is 266 g/mol. The highest BCUT2D eigenvalue weighted by Gasteiger charge is 2.20. The van der Waals surface area contributed by atoms with Crippen LogP contribution in [0.1, 0.15) is 23.0 Å². The summed E-state index contributed by atoms with van der Waals surface area (Å²) in [5.41, 5.74) is -0.0244. The Hall–Kier alpha value is -2.01. The van der Waals surface area contributed by atoms with Crippen LogP contribution in [0.4, 0.5) is 0 Å². The zero-order chi connectivity index (χ0) is 13.3. The van der Waals surface area contributed by atoms with Crippen LogP contribution in [0.15, 0.2) is 29.1 Å². The highest BCUT2D eigenvalue weighted by Crippen LogP contribution is 2.18. The van der Waals surface area contributed by atoms with Crippen LogP contribution >= 0.6 is 11.6 Å². The molecule has 1 heterocycles. The lowest BCUT2D eigenvalue weighted by atomic mass is 10.2. The number of nitrogens with one attached hydrogen (secondary N) is 1. The molecule has 18 heavy (non-hydrogen) atoms. The van der Waals surface area contributed by atoms with Gasteiger partial charge in [-0.2, -0.15) is 0 Å². The lowest BCUT2D eigenvalue weighted by Gasteiger charge is -2.03. The van der Waals surface area contributed by atoms with E-state index in [0.29, 0.717) is 22.8 Å². The molecule has 0 aliphatic carbocycles. The van der Waals surface area contributed by atoms with Crippen molar-refractivity contribution in [2.75, 3.05) is 0 Å². The van der Waals surface area contributed by atoms with Crippen molar-refractivity contribution in [2.24, 2.45) is 0 Å². The van der Waals surface area contributed by atoms with Crippen molar-refractivity contribution in [1.82, 2.24) is 9.78 Å². The number of aromatic amines is 1. The van der Waals surface area contributed by atoms with Gasteiger partial charge in [-0.1, -0.05) is 30.7 Å². The zero-order valence-corrected chi connectivity index (χ0v) is 10.4. The summed E-state index contributed by atoms with van der Waals surface area (Å²) < 4.78 is 1.16. The Bertz CT molecular complexity index is 658.